The molecule has 3 rings (SSSR count). The Labute approximate surface area is 152 Å². The summed E-state index contributed by atoms with van der Waals surface area (Å²) in [5.74, 6) is 0.561. The van der Waals surface area contributed by atoms with Crippen LogP contribution in [0.2, 0.25) is 5.02 Å². The molecule has 25 heavy (non-hydrogen) atoms. The third kappa shape index (κ3) is 3.81. The van der Waals surface area contributed by atoms with Gasteiger partial charge < -0.3 is 0 Å². The molecule has 0 spiro atoms. The second-order valence-electron chi connectivity index (χ2n) is 5.42. The number of sulfonamides is 1. The summed E-state index contributed by atoms with van der Waals surface area (Å²) < 4.78 is 65.7. The van der Waals surface area contributed by atoms with Gasteiger partial charge in [0.2, 0.25) is 10.0 Å². The Hall–Kier alpha value is -1.22. The first-order valence-electron chi connectivity index (χ1n) is 7.26. The van der Waals surface area contributed by atoms with Crippen LogP contribution < -0.4 is 0 Å². The van der Waals surface area contributed by atoms with Crippen molar-refractivity contribution in [2.75, 3.05) is 12.3 Å². The van der Waals surface area contributed by atoms with Gasteiger partial charge >= 0.3 is 6.18 Å². The van der Waals surface area contributed by atoms with Crippen molar-refractivity contribution in [2.24, 2.45) is 0 Å². The molecule has 2 aromatic rings. The van der Waals surface area contributed by atoms with E-state index in [2.05, 4.69) is 0 Å². The van der Waals surface area contributed by atoms with Crippen LogP contribution in [0.3, 0.4) is 0 Å². The maximum absolute atomic E-state index is 12.9. The normalized spacial score (nSPS) is 19.3. The standard InChI is InChI=1S/C16H13ClF3NO2S2/c17-13-6-4-11(5-7-13)15-21(8-9-24-15)25(22,23)14-3-1-2-12(10-14)16(18,19)20/h1-7,10,15H,8-9H2/t15-/m1/s1. The minimum atomic E-state index is -4.60. The van der Waals surface area contributed by atoms with E-state index in [0.29, 0.717) is 16.8 Å². The molecule has 1 heterocycles. The van der Waals surface area contributed by atoms with Crippen LogP contribution in [0.5, 0.6) is 0 Å². The Balaban J connectivity index is 1.97. The number of halogens is 4. The maximum atomic E-state index is 12.9. The highest BCUT2D eigenvalue weighted by atomic mass is 35.5. The fraction of sp³-hybridized carbons (Fsp3) is 0.250. The molecule has 1 fully saturated rings. The lowest BCUT2D eigenvalue weighted by molar-refractivity contribution is -0.137. The van der Waals surface area contributed by atoms with Crippen molar-refractivity contribution in [1.82, 2.24) is 4.31 Å². The van der Waals surface area contributed by atoms with E-state index in [1.807, 2.05) is 0 Å². The van der Waals surface area contributed by atoms with Gasteiger partial charge in [-0.05, 0) is 35.9 Å². The van der Waals surface area contributed by atoms with Crippen LogP contribution in [0, 0.1) is 0 Å². The summed E-state index contributed by atoms with van der Waals surface area (Å²) in [5, 5.41) is 0.0378. The first-order chi connectivity index (χ1) is 11.7. The van der Waals surface area contributed by atoms with Crippen LogP contribution in [0.1, 0.15) is 16.5 Å². The van der Waals surface area contributed by atoms with Crippen LogP contribution in [-0.2, 0) is 16.2 Å². The van der Waals surface area contributed by atoms with E-state index in [1.54, 1.807) is 24.3 Å². The van der Waals surface area contributed by atoms with Crippen molar-refractivity contribution in [3.05, 3.63) is 64.7 Å². The lowest BCUT2D eigenvalue weighted by Gasteiger charge is -2.24. The molecule has 1 aliphatic heterocycles. The highest BCUT2D eigenvalue weighted by Crippen LogP contribution is 2.42. The maximum Gasteiger partial charge on any atom is 0.416 e. The van der Waals surface area contributed by atoms with Gasteiger partial charge in [-0.1, -0.05) is 29.8 Å². The van der Waals surface area contributed by atoms with E-state index >= 15 is 0 Å². The molecule has 9 heteroatoms. The highest BCUT2D eigenvalue weighted by Gasteiger charge is 2.38. The minimum absolute atomic E-state index is 0.233. The van der Waals surface area contributed by atoms with Gasteiger partial charge in [0.1, 0.15) is 0 Å². The molecule has 134 valence electrons. The van der Waals surface area contributed by atoms with Gasteiger partial charge in [-0.25, -0.2) is 8.42 Å². The van der Waals surface area contributed by atoms with E-state index in [-0.39, 0.29) is 11.4 Å². The Morgan fingerprint density at radius 3 is 2.44 bits per heavy atom. The summed E-state index contributed by atoms with van der Waals surface area (Å²) in [7, 11) is -4.05. The van der Waals surface area contributed by atoms with Crippen LogP contribution in [0.25, 0.3) is 0 Å². The first-order valence-corrected chi connectivity index (χ1v) is 10.1. The number of nitrogens with zero attached hydrogens (tertiary/aromatic N) is 1. The second kappa shape index (κ2) is 6.83. The van der Waals surface area contributed by atoms with Gasteiger partial charge in [-0.15, -0.1) is 11.8 Å². The van der Waals surface area contributed by atoms with Gasteiger partial charge in [0.25, 0.3) is 0 Å². The van der Waals surface area contributed by atoms with E-state index in [1.165, 1.54) is 22.1 Å². The average molecular weight is 408 g/mol. The highest BCUT2D eigenvalue weighted by molar-refractivity contribution is 8.01. The molecule has 2 aromatic carbocycles. The smallest absolute Gasteiger partial charge is 0.207 e. The Kier molecular flexibility index (Phi) is 5.07. The largest absolute Gasteiger partial charge is 0.416 e. The third-order valence-corrected chi connectivity index (χ3v) is 7.28. The Morgan fingerprint density at radius 1 is 1.12 bits per heavy atom. The lowest BCUT2D eigenvalue weighted by atomic mass is 10.2. The zero-order chi connectivity index (χ0) is 18.2. The number of hydrogen-bond donors (Lipinski definition) is 0. The molecular formula is C16H13ClF3NO2S2. The number of hydrogen-bond acceptors (Lipinski definition) is 3. The SMILES string of the molecule is O=S(=O)(c1cccc(C(F)(F)F)c1)N1CCS[C@@H]1c1ccc(Cl)cc1. The molecule has 1 atom stereocenters. The van der Waals surface area contributed by atoms with E-state index in [9.17, 15) is 21.6 Å². The molecule has 0 N–H and O–H groups in total. The molecule has 0 amide bonds. The van der Waals surface area contributed by atoms with Gasteiger partial charge in [-0.2, -0.15) is 17.5 Å². The number of rotatable bonds is 3. The van der Waals surface area contributed by atoms with Gasteiger partial charge in [0.05, 0.1) is 15.8 Å². The van der Waals surface area contributed by atoms with Crippen LogP contribution >= 0.6 is 23.4 Å². The van der Waals surface area contributed by atoms with Crippen molar-refractivity contribution < 1.29 is 21.6 Å². The minimum Gasteiger partial charge on any atom is -0.207 e. The third-order valence-electron chi connectivity index (χ3n) is 3.77. The topological polar surface area (TPSA) is 37.4 Å². The molecule has 3 nitrogen and oxygen atoms in total. The number of thioether (sulfide) groups is 1. The van der Waals surface area contributed by atoms with Gasteiger partial charge in [0, 0.05) is 17.3 Å². The van der Waals surface area contributed by atoms with E-state index < -0.39 is 27.1 Å². The molecule has 0 radical (unpaired) electrons. The summed E-state index contributed by atoms with van der Waals surface area (Å²) in [5.41, 5.74) is -0.245. The quantitative estimate of drug-likeness (QED) is 0.733. The predicted octanol–water partition coefficient (Wildman–Crippen LogP) is 4.80. The molecule has 0 aromatic heterocycles. The fourth-order valence-corrected chi connectivity index (χ4v) is 5.97. The zero-order valence-electron chi connectivity index (χ0n) is 12.7. The van der Waals surface area contributed by atoms with Crippen molar-refractivity contribution in [3.8, 4) is 0 Å². The summed E-state index contributed by atoms with van der Waals surface area (Å²) in [6.07, 6.45) is -4.60. The summed E-state index contributed by atoms with van der Waals surface area (Å²) in [6, 6.07) is 10.6. The number of alkyl halides is 3. The van der Waals surface area contributed by atoms with Crippen molar-refractivity contribution in [3.63, 3.8) is 0 Å². The Morgan fingerprint density at radius 2 is 1.80 bits per heavy atom. The number of benzene rings is 2. The van der Waals surface area contributed by atoms with Crippen LogP contribution in [0.4, 0.5) is 13.2 Å². The molecule has 0 unspecified atom stereocenters. The molecule has 0 saturated carbocycles. The predicted molar refractivity (Wildman–Crippen MR) is 92.0 cm³/mol. The van der Waals surface area contributed by atoms with Crippen molar-refractivity contribution in [1.29, 1.82) is 0 Å². The van der Waals surface area contributed by atoms with Gasteiger partial charge in [0.15, 0.2) is 0 Å². The van der Waals surface area contributed by atoms with E-state index in [4.69, 9.17) is 11.6 Å². The van der Waals surface area contributed by atoms with Crippen LogP contribution in [0.15, 0.2) is 53.4 Å². The monoisotopic (exact) mass is 407 g/mol. The Bertz CT molecular complexity index is 870. The van der Waals surface area contributed by atoms with Gasteiger partial charge in [-0.3, -0.25) is 0 Å². The molecule has 0 bridgehead atoms. The summed E-state index contributed by atoms with van der Waals surface area (Å²) in [6.45, 7) is 0.233. The lowest BCUT2D eigenvalue weighted by Crippen LogP contribution is -2.30. The van der Waals surface area contributed by atoms with Crippen molar-refractivity contribution >= 4 is 33.4 Å². The first kappa shape index (κ1) is 18.6. The van der Waals surface area contributed by atoms with Crippen molar-refractivity contribution in [2.45, 2.75) is 16.4 Å². The average Bonchev–Trinajstić information content (AvgIpc) is 3.05. The zero-order valence-corrected chi connectivity index (χ0v) is 15.1. The van der Waals surface area contributed by atoms with Crippen LogP contribution in [-0.4, -0.2) is 25.0 Å². The van der Waals surface area contributed by atoms with E-state index in [0.717, 1.165) is 17.7 Å². The molecular weight excluding hydrogens is 395 g/mol. The molecule has 0 aliphatic carbocycles. The summed E-state index contributed by atoms with van der Waals surface area (Å²) >= 11 is 7.28. The molecule has 1 aliphatic rings. The second-order valence-corrected chi connectivity index (χ2v) is 8.93. The summed E-state index contributed by atoms with van der Waals surface area (Å²) in [4.78, 5) is -0.358. The molecule has 1 saturated heterocycles. The fourth-order valence-electron chi connectivity index (χ4n) is 2.56.